The van der Waals surface area contributed by atoms with Gasteiger partial charge in [0.2, 0.25) is 0 Å². The van der Waals surface area contributed by atoms with Crippen LogP contribution in [0.25, 0.3) is 0 Å². The molecule has 0 bridgehead atoms. The van der Waals surface area contributed by atoms with Gasteiger partial charge in [-0.15, -0.1) is 0 Å². The third kappa shape index (κ3) is 4.37. The van der Waals surface area contributed by atoms with Crippen molar-refractivity contribution in [3.63, 3.8) is 0 Å². The number of ether oxygens (including phenoxy) is 1. The summed E-state index contributed by atoms with van der Waals surface area (Å²) in [6.07, 6.45) is 0. The lowest BCUT2D eigenvalue weighted by Gasteiger charge is -2.32. The van der Waals surface area contributed by atoms with Crippen LogP contribution in [0.3, 0.4) is 0 Å². The molecule has 0 radical (unpaired) electrons. The predicted octanol–water partition coefficient (Wildman–Crippen LogP) is 2.11. The van der Waals surface area contributed by atoms with E-state index in [9.17, 15) is 14.4 Å². The van der Waals surface area contributed by atoms with Crippen molar-refractivity contribution in [1.82, 2.24) is 9.80 Å². The third-order valence-electron chi connectivity index (χ3n) is 4.74. The van der Waals surface area contributed by atoms with Crippen molar-refractivity contribution < 1.29 is 19.1 Å². The van der Waals surface area contributed by atoms with Crippen LogP contribution in [0.15, 0.2) is 48.5 Å². The average Bonchev–Trinajstić information content (AvgIpc) is 2.73. The molecule has 28 heavy (non-hydrogen) atoms. The van der Waals surface area contributed by atoms with E-state index in [1.807, 2.05) is 7.05 Å². The Morgan fingerprint density at radius 3 is 2.32 bits per heavy atom. The second-order valence-corrected chi connectivity index (χ2v) is 6.67. The number of nitrogens with one attached hydrogen (secondary N) is 1. The lowest BCUT2D eigenvalue weighted by molar-refractivity contribution is 0.0601. The van der Waals surface area contributed by atoms with E-state index in [1.54, 1.807) is 53.4 Å². The molecule has 7 nitrogen and oxygen atoms in total. The molecule has 1 saturated heterocycles. The van der Waals surface area contributed by atoms with Crippen molar-refractivity contribution >= 4 is 23.5 Å². The van der Waals surface area contributed by atoms with Gasteiger partial charge in [-0.05, 0) is 37.4 Å². The lowest BCUT2D eigenvalue weighted by Crippen LogP contribution is -2.47. The van der Waals surface area contributed by atoms with Crippen LogP contribution in [0.4, 0.5) is 5.69 Å². The molecule has 3 rings (SSSR count). The van der Waals surface area contributed by atoms with E-state index in [1.165, 1.54) is 7.11 Å². The molecule has 2 aromatic rings. The average molecular weight is 381 g/mol. The van der Waals surface area contributed by atoms with Crippen LogP contribution in [0.5, 0.6) is 0 Å². The van der Waals surface area contributed by atoms with E-state index in [0.29, 0.717) is 29.9 Å². The number of hydrogen-bond acceptors (Lipinski definition) is 5. The fraction of sp³-hybridized carbons (Fsp3) is 0.286. The molecule has 1 heterocycles. The molecule has 1 fully saturated rings. The Kier molecular flexibility index (Phi) is 6.06. The third-order valence-corrected chi connectivity index (χ3v) is 4.74. The summed E-state index contributed by atoms with van der Waals surface area (Å²) in [5, 5.41) is 2.72. The Balaban J connectivity index is 1.76. The molecule has 0 unspecified atom stereocenters. The van der Waals surface area contributed by atoms with E-state index in [4.69, 9.17) is 4.74 Å². The number of methoxy groups -OCH3 is 1. The van der Waals surface area contributed by atoms with Crippen LogP contribution in [-0.2, 0) is 4.74 Å². The molecule has 0 spiro atoms. The molecule has 2 aromatic carbocycles. The minimum absolute atomic E-state index is 0.0855. The van der Waals surface area contributed by atoms with Gasteiger partial charge in [-0.1, -0.05) is 18.2 Å². The number of para-hydroxylation sites is 1. The maximum absolute atomic E-state index is 12.7. The summed E-state index contributed by atoms with van der Waals surface area (Å²) in [5.74, 6) is -1.02. The summed E-state index contributed by atoms with van der Waals surface area (Å²) >= 11 is 0. The largest absolute Gasteiger partial charge is 0.465 e. The molecule has 7 heteroatoms. The fourth-order valence-corrected chi connectivity index (χ4v) is 3.06. The first-order valence-electron chi connectivity index (χ1n) is 9.06. The highest BCUT2D eigenvalue weighted by Gasteiger charge is 2.21. The predicted molar refractivity (Wildman–Crippen MR) is 106 cm³/mol. The summed E-state index contributed by atoms with van der Waals surface area (Å²) in [5.41, 5.74) is 1.44. The van der Waals surface area contributed by atoms with Gasteiger partial charge in [0.1, 0.15) is 0 Å². The lowest BCUT2D eigenvalue weighted by atomic mass is 10.1. The molecule has 0 atom stereocenters. The number of esters is 1. The molecule has 1 aliphatic heterocycles. The first-order chi connectivity index (χ1) is 13.5. The van der Waals surface area contributed by atoms with E-state index < -0.39 is 11.9 Å². The van der Waals surface area contributed by atoms with Gasteiger partial charge in [0.05, 0.1) is 18.4 Å². The number of amides is 2. The summed E-state index contributed by atoms with van der Waals surface area (Å²) < 4.78 is 4.75. The van der Waals surface area contributed by atoms with Crippen molar-refractivity contribution in [3.05, 3.63) is 65.2 Å². The summed E-state index contributed by atoms with van der Waals surface area (Å²) in [4.78, 5) is 41.2. The standard InChI is InChI=1S/C21H23N3O4/c1-23-10-12-24(13-11-23)20(26)16-7-5-6-15(14-16)19(25)22-18-9-4-3-8-17(18)21(27)28-2/h3-9,14H,10-13H2,1-2H3,(H,22,25). The van der Waals surface area contributed by atoms with Gasteiger partial charge in [0, 0.05) is 37.3 Å². The molecule has 146 valence electrons. The highest BCUT2D eigenvalue weighted by atomic mass is 16.5. The first-order valence-corrected chi connectivity index (χ1v) is 9.06. The second kappa shape index (κ2) is 8.67. The summed E-state index contributed by atoms with van der Waals surface area (Å²) in [6.45, 7) is 2.99. The van der Waals surface area contributed by atoms with Crippen LogP contribution >= 0.6 is 0 Å². The maximum atomic E-state index is 12.7. The van der Waals surface area contributed by atoms with Crippen LogP contribution in [0.1, 0.15) is 31.1 Å². The number of likely N-dealkylation sites (N-methyl/N-ethyl adjacent to an activating group) is 1. The summed E-state index contributed by atoms with van der Waals surface area (Å²) in [7, 11) is 3.31. The monoisotopic (exact) mass is 381 g/mol. The number of piperazine rings is 1. The van der Waals surface area contributed by atoms with E-state index in [-0.39, 0.29) is 11.5 Å². The number of benzene rings is 2. The van der Waals surface area contributed by atoms with Crippen molar-refractivity contribution in [2.24, 2.45) is 0 Å². The van der Waals surface area contributed by atoms with Gasteiger partial charge in [-0.3, -0.25) is 9.59 Å². The van der Waals surface area contributed by atoms with Gasteiger partial charge in [-0.2, -0.15) is 0 Å². The topological polar surface area (TPSA) is 78.9 Å². The number of nitrogens with zero attached hydrogens (tertiary/aromatic N) is 2. The SMILES string of the molecule is COC(=O)c1ccccc1NC(=O)c1cccc(C(=O)N2CCN(C)CC2)c1. The minimum Gasteiger partial charge on any atom is -0.465 e. The van der Waals surface area contributed by atoms with E-state index in [0.717, 1.165) is 13.1 Å². The molecule has 0 aromatic heterocycles. The molecular weight excluding hydrogens is 358 g/mol. The zero-order valence-electron chi connectivity index (χ0n) is 16.0. The van der Waals surface area contributed by atoms with Gasteiger partial charge >= 0.3 is 5.97 Å². The number of anilines is 1. The van der Waals surface area contributed by atoms with Crippen LogP contribution in [0.2, 0.25) is 0 Å². The maximum Gasteiger partial charge on any atom is 0.339 e. The molecular formula is C21H23N3O4. The Morgan fingerprint density at radius 2 is 1.61 bits per heavy atom. The summed E-state index contributed by atoms with van der Waals surface area (Å²) in [6, 6.07) is 13.2. The van der Waals surface area contributed by atoms with E-state index >= 15 is 0 Å². The van der Waals surface area contributed by atoms with Crippen LogP contribution in [0, 0.1) is 0 Å². The van der Waals surface area contributed by atoms with Crippen molar-refractivity contribution in [2.75, 3.05) is 45.7 Å². The second-order valence-electron chi connectivity index (χ2n) is 6.67. The van der Waals surface area contributed by atoms with Crippen molar-refractivity contribution in [1.29, 1.82) is 0 Å². The molecule has 1 aliphatic rings. The molecule has 1 N–H and O–H groups in total. The Hall–Kier alpha value is -3.19. The molecule has 2 amide bonds. The zero-order valence-corrected chi connectivity index (χ0v) is 16.0. The minimum atomic E-state index is -0.533. The first kappa shape index (κ1) is 19.6. The van der Waals surface area contributed by atoms with Crippen LogP contribution in [-0.4, -0.2) is 67.9 Å². The normalized spacial score (nSPS) is 14.4. The number of carbonyl (C=O) groups is 3. The highest BCUT2D eigenvalue weighted by Crippen LogP contribution is 2.18. The van der Waals surface area contributed by atoms with Gasteiger partial charge < -0.3 is 19.9 Å². The number of rotatable bonds is 4. The Labute approximate surface area is 163 Å². The smallest absolute Gasteiger partial charge is 0.339 e. The van der Waals surface area contributed by atoms with Gasteiger partial charge in [0.25, 0.3) is 11.8 Å². The number of hydrogen-bond donors (Lipinski definition) is 1. The van der Waals surface area contributed by atoms with Crippen molar-refractivity contribution in [2.45, 2.75) is 0 Å². The number of carbonyl (C=O) groups excluding carboxylic acids is 3. The highest BCUT2D eigenvalue weighted by molar-refractivity contribution is 6.09. The fourth-order valence-electron chi connectivity index (χ4n) is 3.06. The van der Waals surface area contributed by atoms with E-state index in [2.05, 4.69) is 10.2 Å². The Bertz CT molecular complexity index is 889. The van der Waals surface area contributed by atoms with Gasteiger partial charge in [-0.25, -0.2) is 4.79 Å². The quantitative estimate of drug-likeness (QED) is 0.821. The Morgan fingerprint density at radius 1 is 0.929 bits per heavy atom. The molecule has 0 aliphatic carbocycles. The molecule has 0 saturated carbocycles. The van der Waals surface area contributed by atoms with Crippen molar-refractivity contribution in [3.8, 4) is 0 Å². The van der Waals surface area contributed by atoms with Crippen LogP contribution < -0.4 is 5.32 Å². The van der Waals surface area contributed by atoms with Gasteiger partial charge in [0.15, 0.2) is 0 Å². The zero-order chi connectivity index (χ0) is 20.1.